The lowest BCUT2D eigenvalue weighted by Crippen LogP contribution is -2.49. The molecule has 1 saturated heterocycles. The van der Waals surface area contributed by atoms with Crippen LogP contribution in [0.15, 0.2) is 0 Å². The summed E-state index contributed by atoms with van der Waals surface area (Å²) in [5, 5.41) is 7.53. The summed E-state index contributed by atoms with van der Waals surface area (Å²) in [7, 11) is 1.21. The Hall–Kier alpha value is -2.32. The van der Waals surface area contributed by atoms with Crippen LogP contribution in [0.1, 0.15) is 40.0 Å². The van der Waals surface area contributed by atoms with Gasteiger partial charge < -0.3 is 25.4 Å². The summed E-state index contributed by atoms with van der Waals surface area (Å²) in [5.41, 5.74) is -0.677. The number of methoxy groups -OCH3 is 1. The van der Waals surface area contributed by atoms with Gasteiger partial charge in [-0.05, 0) is 40.0 Å². The summed E-state index contributed by atoms with van der Waals surface area (Å²) in [6, 6.07) is -0.952. The summed E-state index contributed by atoms with van der Waals surface area (Å²) in [5.74, 6) is -1.71. The topological polar surface area (TPSA) is 123 Å². The maximum Gasteiger partial charge on any atom is 0.408 e. The van der Waals surface area contributed by atoms with Gasteiger partial charge in [0.1, 0.15) is 18.2 Å². The maximum atomic E-state index is 12.0. The molecule has 2 atom stereocenters. The minimum Gasteiger partial charge on any atom is -0.467 e. The molecular formula is C16H27N3O6. The number of piperidine rings is 1. The fraction of sp³-hybridized carbons (Fsp3) is 0.750. The molecule has 1 fully saturated rings. The molecule has 0 aromatic heterocycles. The van der Waals surface area contributed by atoms with Gasteiger partial charge in [-0.1, -0.05) is 0 Å². The van der Waals surface area contributed by atoms with Gasteiger partial charge in [0.15, 0.2) is 0 Å². The van der Waals surface area contributed by atoms with Gasteiger partial charge in [0.25, 0.3) is 0 Å². The third kappa shape index (κ3) is 7.86. The number of hydrogen-bond donors (Lipinski definition) is 3. The number of alkyl carbamates (subject to hydrolysis) is 1. The van der Waals surface area contributed by atoms with Crippen molar-refractivity contribution < 1.29 is 28.7 Å². The Kier molecular flexibility index (Phi) is 7.66. The normalized spacial score (nSPS) is 18.6. The molecule has 0 aromatic carbocycles. The number of amides is 3. The van der Waals surface area contributed by atoms with E-state index in [2.05, 4.69) is 20.7 Å². The van der Waals surface area contributed by atoms with Crippen molar-refractivity contribution in [3.8, 4) is 0 Å². The second kappa shape index (κ2) is 9.24. The maximum absolute atomic E-state index is 12.0. The Balaban J connectivity index is 2.53. The third-order valence-electron chi connectivity index (χ3n) is 3.53. The van der Waals surface area contributed by atoms with E-state index in [1.165, 1.54) is 7.11 Å². The summed E-state index contributed by atoms with van der Waals surface area (Å²) < 4.78 is 9.71. The highest BCUT2D eigenvalue weighted by atomic mass is 16.6. The van der Waals surface area contributed by atoms with Crippen LogP contribution in [-0.2, 0) is 23.9 Å². The van der Waals surface area contributed by atoms with E-state index in [0.717, 1.165) is 6.42 Å². The molecule has 9 heteroatoms. The van der Waals surface area contributed by atoms with Crippen molar-refractivity contribution in [1.29, 1.82) is 0 Å². The van der Waals surface area contributed by atoms with Gasteiger partial charge in [0.05, 0.1) is 7.11 Å². The molecule has 0 unspecified atom stereocenters. The quantitative estimate of drug-likeness (QED) is 0.579. The van der Waals surface area contributed by atoms with E-state index >= 15 is 0 Å². The first-order valence-corrected chi connectivity index (χ1v) is 8.24. The summed E-state index contributed by atoms with van der Waals surface area (Å²) in [4.78, 5) is 47.2. The highest BCUT2D eigenvalue weighted by Gasteiger charge is 2.30. The Morgan fingerprint density at radius 1 is 1.32 bits per heavy atom. The van der Waals surface area contributed by atoms with E-state index in [1.807, 2.05) is 0 Å². The Morgan fingerprint density at radius 3 is 2.56 bits per heavy atom. The number of rotatable bonds is 6. The third-order valence-corrected chi connectivity index (χ3v) is 3.53. The second-order valence-electron chi connectivity index (χ2n) is 6.86. The summed E-state index contributed by atoms with van der Waals surface area (Å²) in [6.07, 6.45) is 0.879. The van der Waals surface area contributed by atoms with Crippen LogP contribution in [-0.4, -0.2) is 55.7 Å². The average molecular weight is 357 g/mol. The molecule has 0 aliphatic carbocycles. The minimum absolute atomic E-state index is 0.138. The molecular weight excluding hydrogens is 330 g/mol. The zero-order chi connectivity index (χ0) is 19.0. The average Bonchev–Trinajstić information content (AvgIpc) is 2.52. The monoisotopic (exact) mass is 357 g/mol. The highest BCUT2D eigenvalue weighted by Crippen LogP contribution is 2.18. The van der Waals surface area contributed by atoms with Gasteiger partial charge in [-0.2, -0.15) is 0 Å². The number of nitrogens with one attached hydrogen (secondary N) is 3. The van der Waals surface area contributed by atoms with Gasteiger partial charge in [0.2, 0.25) is 11.8 Å². The SMILES string of the molecule is COC(=O)[C@H](C[C@@H]1CCCNC1=O)NC(=O)CNC(=O)OC(C)(C)C. The molecule has 0 aromatic rings. The molecule has 0 bridgehead atoms. The van der Waals surface area contributed by atoms with Gasteiger partial charge in [-0.3, -0.25) is 9.59 Å². The number of carbonyl (C=O) groups excluding carboxylic acids is 4. The minimum atomic E-state index is -0.952. The number of esters is 1. The molecule has 142 valence electrons. The van der Waals surface area contributed by atoms with Crippen LogP contribution in [0.2, 0.25) is 0 Å². The fourth-order valence-corrected chi connectivity index (χ4v) is 2.41. The Labute approximate surface area is 147 Å². The van der Waals surface area contributed by atoms with Crippen molar-refractivity contribution in [2.75, 3.05) is 20.2 Å². The van der Waals surface area contributed by atoms with Crippen LogP contribution in [0.4, 0.5) is 4.79 Å². The molecule has 3 amide bonds. The first-order valence-electron chi connectivity index (χ1n) is 8.24. The van der Waals surface area contributed by atoms with Gasteiger partial charge in [-0.15, -0.1) is 0 Å². The van der Waals surface area contributed by atoms with E-state index < -0.39 is 29.6 Å². The lowest BCUT2D eigenvalue weighted by molar-refractivity contribution is -0.146. The molecule has 0 radical (unpaired) electrons. The fourth-order valence-electron chi connectivity index (χ4n) is 2.41. The van der Waals surface area contributed by atoms with Gasteiger partial charge in [0, 0.05) is 12.5 Å². The van der Waals surface area contributed by atoms with Crippen LogP contribution in [0.25, 0.3) is 0 Å². The first kappa shape index (κ1) is 20.7. The van der Waals surface area contributed by atoms with Crippen molar-refractivity contribution in [3.05, 3.63) is 0 Å². The Bertz CT molecular complexity index is 514. The summed E-state index contributed by atoms with van der Waals surface area (Å²) >= 11 is 0. The van der Waals surface area contributed by atoms with Crippen LogP contribution < -0.4 is 16.0 Å². The van der Waals surface area contributed by atoms with E-state index in [0.29, 0.717) is 13.0 Å². The van der Waals surface area contributed by atoms with Crippen molar-refractivity contribution in [1.82, 2.24) is 16.0 Å². The predicted molar refractivity (Wildman–Crippen MR) is 88.5 cm³/mol. The predicted octanol–water partition coefficient (Wildman–Crippen LogP) is 0.0852. The smallest absolute Gasteiger partial charge is 0.408 e. The molecule has 1 aliphatic heterocycles. The Morgan fingerprint density at radius 2 is 2.00 bits per heavy atom. The van der Waals surface area contributed by atoms with Crippen molar-refractivity contribution >= 4 is 23.9 Å². The second-order valence-corrected chi connectivity index (χ2v) is 6.86. The van der Waals surface area contributed by atoms with E-state index in [1.54, 1.807) is 20.8 Å². The van der Waals surface area contributed by atoms with Crippen molar-refractivity contribution in [2.24, 2.45) is 5.92 Å². The lowest BCUT2D eigenvalue weighted by atomic mass is 9.91. The van der Waals surface area contributed by atoms with Crippen molar-refractivity contribution in [2.45, 2.75) is 51.7 Å². The number of ether oxygens (including phenoxy) is 2. The summed E-state index contributed by atoms with van der Waals surface area (Å²) in [6.45, 7) is 5.38. The molecule has 0 saturated carbocycles. The van der Waals surface area contributed by atoms with E-state index in [-0.39, 0.29) is 24.8 Å². The van der Waals surface area contributed by atoms with Crippen LogP contribution >= 0.6 is 0 Å². The van der Waals surface area contributed by atoms with Gasteiger partial charge in [-0.25, -0.2) is 9.59 Å². The molecule has 9 nitrogen and oxygen atoms in total. The zero-order valence-electron chi connectivity index (χ0n) is 15.1. The first-order chi connectivity index (χ1) is 11.6. The zero-order valence-corrected chi connectivity index (χ0v) is 15.1. The van der Waals surface area contributed by atoms with E-state index in [4.69, 9.17) is 4.74 Å². The van der Waals surface area contributed by atoms with Crippen molar-refractivity contribution in [3.63, 3.8) is 0 Å². The van der Waals surface area contributed by atoms with Crippen LogP contribution in [0.5, 0.6) is 0 Å². The molecule has 1 heterocycles. The molecule has 25 heavy (non-hydrogen) atoms. The standard InChI is InChI=1S/C16H27N3O6/c1-16(2,3)25-15(23)18-9-12(20)19-11(14(22)24-4)8-10-6-5-7-17-13(10)21/h10-11H,5-9H2,1-4H3,(H,17,21)(H,18,23)(H,19,20)/t10-,11-/m0/s1. The molecule has 1 rings (SSSR count). The largest absolute Gasteiger partial charge is 0.467 e. The lowest BCUT2D eigenvalue weighted by Gasteiger charge is -2.25. The molecule has 0 spiro atoms. The number of hydrogen-bond acceptors (Lipinski definition) is 6. The van der Waals surface area contributed by atoms with Gasteiger partial charge >= 0.3 is 12.1 Å². The number of carbonyl (C=O) groups is 4. The highest BCUT2D eigenvalue weighted by molar-refractivity contribution is 5.88. The van der Waals surface area contributed by atoms with Crippen LogP contribution in [0.3, 0.4) is 0 Å². The van der Waals surface area contributed by atoms with E-state index in [9.17, 15) is 19.2 Å². The van der Waals surface area contributed by atoms with Crippen LogP contribution in [0, 0.1) is 5.92 Å². The molecule has 3 N–H and O–H groups in total. The molecule has 1 aliphatic rings.